The van der Waals surface area contributed by atoms with Crippen LogP contribution in [0.2, 0.25) is 0 Å². The molecule has 0 bridgehead atoms. The second-order valence-electron chi connectivity index (χ2n) is 9.05. The SMILES string of the molecule is O=C1OCCN1C1CN(c2nc(N[C@H]3C[C@@H](O)C3)nc3c2cnn3-c2cccc(C(F)(F)F)c2)C1. The third-order valence-electron chi connectivity index (χ3n) is 6.67. The van der Waals surface area contributed by atoms with Gasteiger partial charge in [0.1, 0.15) is 12.4 Å². The Morgan fingerprint density at radius 2 is 1.97 bits per heavy atom. The summed E-state index contributed by atoms with van der Waals surface area (Å²) in [6.07, 6.45) is -2.52. The molecule has 4 heterocycles. The number of hydrogen-bond acceptors (Lipinski definition) is 8. The molecule has 2 aromatic heterocycles. The summed E-state index contributed by atoms with van der Waals surface area (Å²) >= 11 is 0. The molecule has 3 aliphatic rings. The predicted molar refractivity (Wildman–Crippen MR) is 118 cm³/mol. The number of rotatable bonds is 5. The molecule has 35 heavy (non-hydrogen) atoms. The molecule has 0 atom stereocenters. The minimum atomic E-state index is -4.49. The number of carbonyl (C=O) groups excluding carboxylic acids is 1. The number of amides is 1. The van der Waals surface area contributed by atoms with E-state index in [1.165, 1.54) is 16.8 Å². The number of carbonyl (C=O) groups is 1. The molecular formula is C22H22F3N7O3. The largest absolute Gasteiger partial charge is 0.448 e. The van der Waals surface area contributed by atoms with Gasteiger partial charge in [-0.3, -0.25) is 4.90 Å². The number of aliphatic hydroxyl groups is 1. The Hall–Kier alpha value is -3.61. The molecule has 1 aliphatic carbocycles. The highest BCUT2D eigenvalue weighted by Gasteiger charge is 2.39. The minimum absolute atomic E-state index is 0.00346. The van der Waals surface area contributed by atoms with Gasteiger partial charge in [0.25, 0.3) is 0 Å². The minimum Gasteiger partial charge on any atom is -0.448 e. The first kappa shape index (κ1) is 21.9. The lowest BCUT2D eigenvalue weighted by molar-refractivity contribution is -0.137. The van der Waals surface area contributed by atoms with Crippen LogP contribution in [0.3, 0.4) is 0 Å². The summed E-state index contributed by atoms with van der Waals surface area (Å²) in [4.78, 5) is 24.8. The van der Waals surface area contributed by atoms with Crippen molar-refractivity contribution in [1.82, 2.24) is 24.6 Å². The van der Waals surface area contributed by atoms with Gasteiger partial charge in [-0.2, -0.15) is 28.2 Å². The number of aromatic nitrogens is 4. The van der Waals surface area contributed by atoms with Crippen LogP contribution in [0.5, 0.6) is 0 Å². The van der Waals surface area contributed by atoms with Crippen molar-refractivity contribution in [2.45, 2.75) is 37.2 Å². The molecule has 0 spiro atoms. The van der Waals surface area contributed by atoms with E-state index in [0.717, 1.165) is 12.1 Å². The van der Waals surface area contributed by atoms with Gasteiger partial charge in [0, 0.05) is 19.1 Å². The zero-order chi connectivity index (χ0) is 24.3. The van der Waals surface area contributed by atoms with E-state index >= 15 is 0 Å². The van der Waals surface area contributed by atoms with Crippen molar-refractivity contribution >= 4 is 28.9 Å². The van der Waals surface area contributed by atoms with Gasteiger partial charge in [-0.05, 0) is 31.0 Å². The van der Waals surface area contributed by atoms with E-state index in [1.807, 2.05) is 4.90 Å². The Kier molecular flexibility index (Phi) is 4.99. The van der Waals surface area contributed by atoms with E-state index in [1.54, 1.807) is 11.1 Å². The number of nitrogens with one attached hydrogen (secondary N) is 1. The van der Waals surface area contributed by atoms with Crippen LogP contribution in [-0.2, 0) is 10.9 Å². The lowest BCUT2D eigenvalue weighted by Gasteiger charge is -2.43. The van der Waals surface area contributed by atoms with Gasteiger partial charge < -0.3 is 20.1 Å². The van der Waals surface area contributed by atoms with Crippen molar-refractivity contribution in [2.24, 2.45) is 0 Å². The van der Waals surface area contributed by atoms with Crippen molar-refractivity contribution < 1.29 is 27.8 Å². The van der Waals surface area contributed by atoms with Crippen LogP contribution in [-0.4, -0.2) is 80.3 Å². The van der Waals surface area contributed by atoms with E-state index < -0.39 is 11.7 Å². The Morgan fingerprint density at radius 3 is 2.66 bits per heavy atom. The summed E-state index contributed by atoms with van der Waals surface area (Å²) in [5.74, 6) is 0.890. The first-order valence-electron chi connectivity index (χ1n) is 11.3. The Balaban J connectivity index is 1.36. The van der Waals surface area contributed by atoms with Crippen molar-refractivity contribution in [3.05, 3.63) is 36.0 Å². The van der Waals surface area contributed by atoms with Crippen LogP contribution in [0.15, 0.2) is 30.5 Å². The third kappa shape index (κ3) is 3.89. The first-order valence-corrected chi connectivity index (χ1v) is 11.3. The molecule has 2 N–H and O–H groups in total. The molecule has 0 unspecified atom stereocenters. The highest BCUT2D eigenvalue weighted by atomic mass is 19.4. The molecule has 3 aromatic rings. The highest BCUT2D eigenvalue weighted by molar-refractivity contribution is 5.89. The molecule has 1 amide bonds. The lowest BCUT2D eigenvalue weighted by atomic mass is 9.90. The normalized spacial score (nSPS) is 22.8. The molecule has 10 nitrogen and oxygen atoms in total. The monoisotopic (exact) mass is 489 g/mol. The molecule has 6 rings (SSSR count). The fourth-order valence-corrected chi connectivity index (χ4v) is 4.65. The van der Waals surface area contributed by atoms with Crippen molar-refractivity contribution in [1.29, 1.82) is 0 Å². The predicted octanol–water partition coefficient (Wildman–Crippen LogP) is 2.41. The number of aliphatic hydroxyl groups excluding tert-OH is 1. The fraction of sp³-hybridized carbons (Fsp3) is 0.455. The average molecular weight is 489 g/mol. The summed E-state index contributed by atoms with van der Waals surface area (Å²) in [7, 11) is 0. The number of hydrogen-bond donors (Lipinski definition) is 2. The topological polar surface area (TPSA) is 109 Å². The summed E-state index contributed by atoms with van der Waals surface area (Å²) in [6.45, 7) is 1.99. The van der Waals surface area contributed by atoms with Crippen molar-refractivity contribution in [3.63, 3.8) is 0 Å². The van der Waals surface area contributed by atoms with Crippen molar-refractivity contribution in [3.8, 4) is 5.69 Å². The summed E-state index contributed by atoms with van der Waals surface area (Å²) in [5, 5.41) is 17.8. The standard InChI is InChI=1S/C22H22F3N7O3/c23-22(24,25)12-2-1-3-14(6-12)32-19-17(9-26-32)18(28-20(29-19)27-13-7-16(33)8-13)30-10-15(11-30)31-4-5-35-21(31)34/h1-3,6,9,13,15-16,33H,4-5,7-8,10-11H2,(H,27,28,29)/t13-,16+. The van der Waals surface area contributed by atoms with E-state index in [9.17, 15) is 23.1 Å². The highest BCUT2D eigenvalue weighted by Crippen LogP contribution is 2.34. The zero-order valence-electron chi connectivity index (χ0n) is 18.4. The van der Waals surface area contributed by atoms with E-state index in [0.29, 0.717) is 61.9 Å². The Labute approximate surface area is 197 Å². The first-order chi connectivity index (χ1) is 16.8. The van der Waals surface area contributed by atoms with Gasteiger partial charge in [-0.15, -0.1) is 0 Å². The Morgan fingerprint density at radius 1 is 1.17 bits per heavy atom. The van der Waals surface area contributed by atoms with Crippen LogP contribution >= 0.6 is 0 Å². The van der Waals surface area contributed by atoms with Crippen LogP contribution in [0.25, 0.3) is 16.7 Å². The summed E-state index contributed by atoms with van der Waals surface area (Å²) in [6, 6.07) is 4.90. The molecule has 1 saturated carbocycles. The third-order valence-corrected chi connectivity index (χ3v) is 6.67. The maximum absolute atomic E-state index is 13.3. The number of benzene rings is 1. The maximum Gasteiger partial charge on any atom is 0.416 e. The van der Waals surface area contributed by atoms with Crippen LogP contribution in [0, 0.1) is 0 Å². The molecular weight excluding hydrogens is 467 g/mol. The van der Waals surface area contributed by atoms with Gasteiger partial charge >= 0.3 is 12.3 Å². The average Bonchev–Trinajstić information content (AvgIpc) is 3.38. The number of nitrogens with zero attached hydrogens (tertiary/aromatic N) is 6. The maximum atomic E-state index is 13.3. The quantitative estimate of drug-likeness (QED) is 0.563. The van der Waals surface area contributed by atoms with E-state index in [2.05, 4.69) is 20.4 Å². The molecule has 13 heteroatoms. The summed E-state index contributed by atoms with van der Waals surface area (Å²) < 4.78 is 46.3. The number of cyclic esters (lactones) is 1. The number of fused-ring (bicyclic) bond motifs is 1. The number of anilines is 2. The van der Waals surface area contributed by atoms with Crippen LogP contribution < -0.4 is 10.2 Å². The van der Waals surface area contributed by atoms with Gasteiger partial charge in [-0.1, -0.05) is 6.07 Å². The molecule has 2 aliphatic heterocycles. The van der Waals surface area contributed by atoms with Crippen LogP contribution in [0.4, 0.5) is 29.7 Å². The molecule has 3 fully saturated rings. The smallest absolute Gasteiger partial charge is 0.416 e. The summed E-state index contributed by atoms with van der Waals surface area (Å²) in [5.41, 5.74) is -0.190. The second-order valence-corrected chi connectivity index (χ2v) is 9.05. The van der Waals surface area contributed by atoms with Gasteiger partial charge in [0.05, 0.1) is 41.5 Å². The van der Waals surface area contributed by atoms with Crippen molar-refractivity contribution in [2.75, 3.05) is 36.5 Å². The van der Waals surface area contributed by atoms with Gasteiger partial charge in [0.2, 0.25) is 5.95 Å². The zero-order valence-corrected chi connectivity index (χ0v) is 18.4. The fourth-order valence-electron chi connectivity index (χ4n) is 4.65. The lowest BCUT2D eigenvalue weighted by Crippen LogP contribution is -2.60. The van der Waals surface area contributed by atoms with E-state index in [-0.39, 0.29) is 30.0 Å². The number of ether oxygens (including phenoxy) is 1. The molecule has 184 valence electrons. The molecule has 1 aromatic carbocycles. The molecule has 0 radical (unpaired) electrons. The Bertz CT molecular complexity index is 1290. The van der Waals surface area contributed by atoms with E-state index in [4.69, 9.17) is 4.74 Å². The van der Waals surface area contributed by atoms with Crippen LogP contribution in [0.1, 0.15) is 18.4 Å². The van der Waals surface area contributed by atoms with Gasteiger partial charge in [0.15, 0.2) is 5.65 Å². The van der Waals surface area contributed by atoms with Gasteiger partial charge in [-0.25, -0.2) is 9.48 Å². The molecule has 2 saturated heterocycles. The number of alkyl halides is 3. The number of halogens is 3. The second kappa shape index (κ2) is 7.97.